The molecule has 0 heterocycles. The van der Waals surface area contributed by atoms with Crippen molar-refractivity contribution in [1.29, 1.82) is 0 Å². The SMILES string of the molecule is Cc1cc(C(=O)O)cc(C)c1[N+](=O)[O-].Cc1cc(CO)cc(C)c1[N+](=O)[O-]. The predicted molar refractivity (Wildman–Crippen MR) is 98.0 cm³/mol. The number of aliphatic hydroxyl groups excluding tert-OH is 1. The second-order valence-corrected chi connectivity index (χ2v) is 6.01. The highest BCUT2D eigenvalue weighted by Gasteiger charge is 2.17. The third-order valence-corrected chi connectivity index (χ3v) is 3.84. The number of nitro benzene ring substituents is 2. The maximum Gasteiger partial charge on any atom is 0.335 e. The Bertz CT molecular complexity index is 861. The Labute approximate surface area is 155 Å². The average Bonchev–Trinajstić information content (AvgIpc) is 2.53. The number of benzene rings is 2. The summed E-state index contributed by atoms with van der Waals surface area (Å²) in [6.45, 7) is 6.31. The average molecular weight is 376 g/mol. The first-order chi connectivity index (χ1) is 12.5. The van der Waals surface area contributed by atoms with E-state index in [4.69, 9.17) is 10.2 Å². The minimum atomic E-state index is -1.08. The zero-order chi connectivity index (χ0) is 20.9. The van der Waals surface area contributed by atoms with E-state index in [-0.39, 0.29) is 23.5 Å². The smallest absolute Gasteiger partial charge is 0.335 e. The fourth-order valence-electron chi connectivity index (χ4n) is 2.79. The van der Waals surface area contributed by atoms with Crippen molar-refractivity contribution in [3.8, 4) is 0 Å². The van der Waals surface area contributed by atoms with E-state index in [0.717, 1.165) is 0 Å². The highest BCUT2D eigenvalue weighted by molar-refractivity contribution is 5.88. The summed E-state index contributed by atoms with van der Waals surface area (Å²) in [6.07, 6.45) is 0. The number of aryl methyl sites for hydroxylation is 4. The van der Waals surface area contributed by atoms with E-state index in [0.29, 0.717) is 27.8 Å². The Kier molecular flexibility index (Phi) is 7.12. The number of hydrogen-bond donors (Lipinski definition) is 2. The van der Waals surface area contributed by atoms with Crippen LogP contribution in [-0.4, -0.2) is 26.0 Å². The van der Waals surface area contributed by atoms with Gasteiger partial charge < -0.3 is 10.2 Å². The molecule has 0 spiro atoms. The van der Waals surface area contributed by atoms with E-state index < -0.39 is 15.8 Å². The molecule has 2 aromatic rings. The Balaban J connectivity index is 0.000000271. The van der Waals surface area contributed by atoms with Crippen LogP contribution in [0.15, 0.2) is 24.3 Å². The molecule has 0 fully saturated rings. The molecule has 0 atom stereocenters. The Morgan fingerprint density at radius 1 is 0.852 bits per heavy atom. The van der Waals surface area contributed by atoms with Crippen molar-refractivity contribution >= 4 is 17.3 Å². The fraction of sp³-hybridized carbons (Fsp3) is 0.278. The Hall–Kier alpha value is -3.33. The number of carbonyl (C=O) groups is 1. The van der Waals surface area contributed by atoms with Crippen molar-refractivity contribution < 1.29 is 24.9 Å². The summed E-state index contributed by atoms with van der Waals surface area (Å²) in [6, 6.07) is 5.86. The Morgan fingerprint density at radius 2 is 1.19 bits per heavy atom. The van der Waals surface area contributed by atoms with Gasteiger partial charge in [-0.05, 0) is 57.5 Å². The first kappa shape index (κ1) is 21.7. The van der Waals surface area contributed by atoms with E-state index in [1.807, 2.05) is 0 Å². The van der Waals surface area contributed by atoms with Crippen LogP contribution < -0.4 is 0 Å². The van der Waals surface area contributed by atoms with Gasteiger partial charge in [-0.15, -0.1) is 0 Å². The van der Waals surface area contributed by atoms with E-state index in [2.05, 4.69) is 0 Å². The highest BCUT2D eigenvalue weighted by Crippen LogP contribution is 2.25. The molecule has 0 radical (unpaired) electrons. The molecule has 27 heavy (non-hydrogen) atoms. The van der Waals surface area contributed by atoms with Crippen molar-refractivity contribution in [2.75, 3.05) is 0 Å². The van der Waals surface area contributed by atoms with Gasteiger partial charge in [0.25, 0.3) is 11.4 Å². The molecule has 0 amide bonds. The summed E-state index contributed by atoms with van der Waals surface area (Å²) in [5.74, 6) is -1.08. The quantitative estimate of drug-likeness (QED) is 0.612. The molecule has 144 valence electrons. The molecule has 0 saturated heterocycles. The van der Waals surface area contributed by atoms with Crippen LogP contribution in [0, 0.1) is 47.9 Å². The molecule has 0 unspecified atom stereocenters. The normalized spacial score (nSPS) is 9.96. The lowest BCUT2D eigenvalue weighted by Crippen LogP contribution is -2.01. The molecule has 9 heteroatoms. The van der Waals surface area contributed by atoms with Gasteiger partial charge in [-0.25, -0.2) is 4.79 Å². The number of rotatable bonds is 4. The monoisotopic (exact) mass is 376 g/mol. The van der Waals surface area contributed by atoms with Gasteiger partial charge in [0.1, 0.15) is 0 Å². The first-order valence-corrected chi connectivity index (χ1v) is 7.83. The molecule has 2 N–H and O–H groups in total. The number of nitrogens with zero attached hydrogens (tertiary/aromatic N) is 2. The van der Waals surface area contributed by atoms with Gasteiger partial charge in [0.2, 0.25) is 0 Å². The maximum absolute atomic E-state index is 10.6. The van der Waals surface area contributed by atoms with Crippen molar-refractivity contribution in [3.63, 3.8) is 0 Å². The number of carboxylic acids is 1. The molecule has 0 aliphatic heterocycles. The van der Waals surface area contributed by atoms with Crippen molar-refractivity contribution in [1.82, 2.24) is 0 Å². The zero-order valence-electron chi connectivity index (χ0n) is 15.3. The summed E-state index contributed by atoms with van der Waals surface area (Å²) in [5, 5.41) is 38.7. The lowest BCUT2D eigenvalue weighted by atomic mass is 10.0. The predicted octanol–water partition coefficient (Wildman–Crippen LogP) is 3.61. The van der Waals surface area contributed by atoms with Crippen LogP contribution in [0.2, 0.25) is 0 Å². The molecular formula is C18H20N2O7. The highest BCUT2D eigenvalue weighted by atomic mass is 16.6. The molecule has 9 nitrogen and oxygen atoms in total. The number of aliphatic hydroxyl groups is 1. The maximum atomic E-state index is 10.6. The summed E-state index contributed by atoms with van der Waals surface area (Å²) >= 11 is 0. The third-order valence-electron chi connectivity index (χ3n) is 3.84. The van der Waals surface area contributed by atoms with Crippen molar-refractivity contribution in [2.45, 2.75) is 34.3 Å². The molecule has 0 saturated carbocycles. The van der Waals surface area contributed by atoms with Crippen LogP contribution in [0.25, 0.3) is 0 Å². The van der Waals surface area contributed by atoms with E-state index in [1.54, 1.807) is 26.0 Å². The number of carboxylic acid groups (broad SMARTS) is 1. The number of nitro groups is 2. The summed E-state index contributed by atoms with van der Waals surface area (Å²) < 4.78 is 0. The second-order valence-electron chi connectivity index (χ2n) is 6.01. The van der Waals surface area contributed by atoms with Gasteiger partial charge in [0.15, 0.2) is 0 Å². The lowest BCUT2D eigenvalue weighted by molar-refractivity contribution is -0.386. The van der Waals surface area contributed by atoms with Gasteiger partial charge in [0.05, 0.1) is 22.0 Å². The summed E-state index contributed by atoms with van der Waals surface area (Å²) in [7, 11) is 0. The van der Waals surface area contributed by atoms with Gasteiger partial charge in [-0.2, -0.15) is 0 Å². The zero-order valence-corrected chi connectivity index (χ0v) is 15.3. The van der Waals surface area contributed by atoms with Crippen LogP contribution in [0.3, 0.4) is 0 Å². The fourth-order valence-corrected chi connectivity index (χ4v) is 2.79. The number of hydrogen-bond acceptors (Lipinski definition) is 6. The molecule has 2 aromatic carbocycles. The van der Waals surface area contributed by atoms with Crippen LogP contribution >= 0.6 is 0 Å². The third kappa shape index (κ3) is 5.32. The molecule has 0 bridgehead atoms. The van der Waals surface area contributed by atoms with Gasteiger partial charge >= 0.3 is 5.97 Å². The minimum absolute atomic E-state index is 0.0185. The van der Waals surface area contributed by atoms with Gasteiger partial charge in [-0.3, -0.25) is 20.2 Å². The molecule has 2 rings (SSSR count). The molecule has 0 aromatic heterocycles. The van der Waals surface area contributed by atoms with E-state index in [1.165, 1.54) is 26.0 Å². The van der Waals surface area contributed by atoms with Gasteiger partial charge in [-0.1, -0.05) is 0 Å². The lowest BCUT2D eigenvalue weighted by Gasteiger charge is -2.03. The van der Waals surface area contributed by atoms with Crippen LogP contribution in [0.1, 0.15) is 38.2 Å². The van der Waals surface area contributed by atoms with Crippen molar-refractivity contribution in [2.24, 2.45) is 0 Å². The van der Waals surface area contributed by atoms with Gasteiger partial charge in [0, 0.05) is 22.3 Å². The summed E-state index contributed by atoms with van der Waals surface area (Å²) in [5.41, 5.74) is 2.82. The van der Waals surface area contributed by atoms with Crippen LogP contribution in [-0.2, 0) is 6.61 Å². The minimum Gasteiger partial charge on any atom is -0.478 e. The standard InChI is InChI=1S/C9H9NO4.C9H11NO3/c1-5-3-7(9(11)12)4-6(2)8(5)10(13)14;1-6-3-8(5-11)4-7(2)9(6)10(12)13/h3-4H,1-2H3,(H,11,12);3-4,11H,5H2,1-2H3. The number of aromatic carboxylic acids is 1. The largest absolute Gasteiger partial charge is 0.478 e. The summed E-state index contributed by atoms with van der Waals surface area (Å²) in [4.78, 5) is 30.9. The van der Waals surface area contributed by atoms with E-state index in [9.17, 15) is 25.0 Å². The van der Waals surface area contributed by atoms with Crippen molar-refractivity contribution in [3.05, 3.63) is 77.9 Å². The molecule has 0 aliphatic carbocycles. The molecular weight excluding hydrogens is 356 g/mol. The first-order valence-electron chi connectivity index (χ1n) is 7.83. The second kappa shape index (κ2) is 8.86. The van der Waals surface area contributed by atoms with E-state index >= 15 is 0 Å². The van der Waals surface area contributed by atoms with Crippen LogP contribution in [0.4, 0.5) is 11.4 Å². The topological polar surface area (TPSA) is 144 Å². The Morgan fingerprint density at radius 3 is 1.44 bits per heavy atom. The van der Waals surface area contributed by atoms with Crippen LogP contribution in [0.5, 0.6) is 0 Å². The molecule has 0 aliphatic rings.